The molecule has 2 heterocycles. The number of carbonyl (C=O) groups is 2. The van der Waals surface area contributed by atoms with Gasteiger partial charge >= 0.3 is 0 Å². The van der Waals surface area contributed by atoms with Crippen molar-refractivity contribution in [1.82, 2.24) is 9.88 Å². The second-order valence-electron chi connectivity index (χ2n) is 7.25. The number of hydrogen-bond donors (Lipinski definition) is 1. The molecule has 2 amide bonds. The van der Waals surface area contributed by atoms with Crippen LogP contribution in [0, 0.1) is 13.8 Å². The van der Waals surface area contributed by atoms with Gasteiger partial charge in [0.15, 0.2) is 0 Å². The van der Waals surface area contributed by atoms with E-state index in [1.807, 2.05) is 32.0 Å². The predicted octanol–water partition coefficient (Wildman–Crippen LogP) is 4.74. The molecule has 1 N–H and O–H groups in total. The molecule has 1 aliphatic rings. The standard InChI is InChI=1S/C24H20ClN3O2/c1-15-3-8-20(16(2)13-15)27-22-21(18-4-6-19(25)7-5-18)23(29)28(24(22)30)14-17-9-11-26-12-10-17/h3-13,27H,14H2,1-2H3. The summed E-state index contributed by atoms with van der Waals surface area (Å²) in [6.07, 6.45) is 3.28. The van der Waals surface area contributed by atoms with Crippen molar-refractivity contribution in [3.63, 3.8) is 0 Å². The van der Waals surface area contributed by atoms with Gasteiger partial charge in [0, 0.05) is 23.1 Å². The first-order chi connectivity index (χ1) is 14.4. The topological polar surface area (TPSA) is 62.3 Å². The number of carbonyl (C=O) groups excluding carboxylic acids is 2. The van der Waals surface area contributed by atoms with Crippen LogP contribution < -0.4 is 5.32 Å². The van der Waals surface area contributed by atoms with E-state index in [-0.39, 0.29) is 24.1 Å². The molecule has 0 radical (unpaired) electrons. The van der Waals surface area contributed by atoms with Gasteiger partial charge in [0.1, 0.15) is 5.70 Å². The summed E-state index contributed by atoms with van der Waals surface area (Å²) >= 11 is 6.02. The van der Waals surface area contributed by atoms with Crippen LogP contribution in [0.25, 0.3) is 5.57 Å². The molecule has 1 aromatic heterocycles. The molecule has 0 unspecified atom stereocenters. The van der Waals surface area contributed by atoms with E-state index in [9.17, 15) is 9.59 Å². The molecule has 0 saturated carbocycles. The molecular weight excluding hydrogens is 398 g/mol. The third kappa shape index (κ3) is 3.84. The van der Waals surface area contributed by atoms with Gasteiger partial charge in [0.05, 0.1) is 12.1 Å². The molecule has 4 rings (SSSR count). The lowest BCUT2D eigenvalue weighted by Gasteiger charge is -2.15. The number of aromatic nitrogens is 1. The number of pyridine rings is 1. The summed E-state index contributed by atoms with van der Waals surface area (Å²) in [5.74, 6) is -0.701. The Labute approximate surface area is 180 Å². The fraction of sp³-hybridized carbons (Fsp3) is 0.125. The first-order valence-electron chi connectivity index (χ1n) is 9.53. The second-order valence-corrected chi connectivity index (χ2v) is 7.69. The number of halogens is 1. The van der Waals surface area contributed by atoms with Crippen molar-refractivity contribution < 1.29 is 9.59 Å². The highest BCUT2D eigenvalue weighted by molar-refractivity contribution is 6.36. The fourth-order valence-electron chi connectivity index (χ4n) is 3.48. The monoisotopic (exact) mass is 417 g/mol. The largest absolute Gasteiger partial charge is 0.350 e. The van der Waals surface area contributed by atoms with Gasteiger partial charge in [0.2, 0.25) is 0 Å². The number of imide groups is 1. The highest BCUT2D eigenvalue weighted by Gasteiger charge is 2.39. The number of hydrogen-bond acceptors (Lipinski definition) is 4. The first kappa shape index (κ1) is 19.9. The molecule has 30 heavy (non-hydrogen) atoms. The van der Waals surface area contributed by atoms with Gasteiger partial charge in [-0.25, -0.2) is 0 Å². The molecule has 1 aliphatic heterocycles. The van der Waals surface area contributed by atoms with Crippen LogP contribution >= 0.6 is 11.6 Å². The van der Waals surface area contributed by atoms with Crippen molar-refractivity contribution in [2.75, 3.05) is 5.32 Å². The lowest BCUT2D eigenvalue weighted by molar-refractivity contribution is -0.137. The van der Waals surface area contributed by atoms with Gasteiger partial charge in [-0.1, -0.05) is 41.4 Å². The molecule has 6 heteroatoms. The highest BCUT2D eigenvalue weighted by atomic mass is 35.5. The molecule has 0 aliphatic carbocycles. The summed E-state index contributed by atoms with van der Waals surface area (Å²) in [4.78, 5) is 31.8. The van der Waals surface area contributed by atoms with E-state index >= 15 is 0 Å². The van der Waals surface area contributed by atoms with Crippen LogP contribution in [0.4, 0.5) is 5.69 Å². The van der Waals surface area contributed by atoms with Gasteiger partial charge in [-0.3, -0.25) is 19.5 Å². The first-order valence-corrected chi connectivity index (χ1v) is 9.91. The SMILES string of the molecule is Cc1ccc(NC2=C(c3ccc(Cl)cc3)C(=O)N(Cc3ccncc3)C2=O)c(C)c1. The summed E-state index contributed by atoms with van der Waals surface area (Å²) in [6.45, 7) is 4.15. The molecule has 0 atom stereocenters. The van der Waals surface area contributed by atoms with Gasteiger partial charge < -0.3 is 5.32 Å². The van der Waals surface area contributed by atoms with Crippen LogP contribution in [0.15, 0.2) is 72.7 Å². The van der Waals surface area contributed by atoms with E-state index in [0.717, 1.165) is 22.4 Å². The van der Waals surface area contributed by atoms with Crippen molar-refractivity contribution in [3.05, 3.63) is 100.0 Å². The molecule has 0 saturated heterocycles. The summed E-state index contributed by atoms with van der Waals surface area (Å²) in [5.41, 5.74) is 4.98. The Kier molecular flexibility index (Phi) is 5.38. The van der Waals surface area contributed by atoms with Crippen molar-refractivity contribution in [2.24, 2.45) is 0 Å². The van der Waals surface area contributed by atoms with Gasteiger partial charge in [-0.05, 0) is 60.9 Å². The van der Waals surface area contributed by atoms with Crippen LogP contribution in [0.5, 0.6) is 0 Å². The summed E-state index contributed by atoms with van der Waals surface area (Å²) in [5, 5.41) is 3.78. The van der Waals surface area contributed by atoms with Crippen LogP contribution in [0.1, 0.15) is 22.3 Å². The number of nitrogens with one attached hydrogen (secondary N) is 1. The number of benzene rings is 2. The summed E-state index contributed by atoms with van der Waals surface area (Å²) in [6, 6.07) is 16.4. The Balaban J connectivity index is 1.76. The van der Waals surface area contributed by atoms with Crippen molar-refractivity contribution in [1.29, 1.82) is 0 Å². The smallest absolute Gasteiger partial charge is 0.278 e. The maximum Gasteiger partial charge on any atom is 0.278 e. The maximum atomic E-state index is 13.3. The molecular formula is C24H20ClN3O2. The highest BCUT2D eigenvalue weighted by Crippen LogP contribution is 2.32. The van der Waals surface area contributed by atoms with E-state index in [1.165, 1.54) is 4.90 Å². The zero-order valence-electron chi connectivity index (χ0n) is 16.6. The normalized spacial score (nSPS) is 13.9. The Hall–Kier alpha value is -3.44. The average Bonchev–Trinajstić information content (AvgIpc) is 2.96. The lowest BCUT2D eigenvalue weighted by atomic mass is 10.0. The number of anilines is 1. The minimum atomic E-state index is -0.360. The van der Waals surface area contributed by atoms with E-state index in [0.29, 0.717) is 16.2 Å². The van der Waals surface area contributed by atoms with Crippen LogP contribution in [0.2, 0.25) is 5.02 Å². The quantitative estimate of drug-likeness (QED) is 0.609. The fourth-order valence-corrected chi connectivity index (χ4v) is 3.61. The van der Waals surface area contributed by atoms with E-state index in [4.69, 9.17) is 11.6 Å². The Morgan fingerprint density at radius 3 is 2.30 bits per heavy atom. The molecule has 0 bridgehead atoms. The molecule has 0 fully saturated rings. The molecule has 0 spiro atoms. The summed E-state index contributed by atoms with van der Waals surface area (Å²) < 4.78 is 0. The number of nitrogens with zero attached hydrogens (tertiary/aromatic N) is 2. The minimum Gasteiger partial charge on any atom is -0.350 e. The van der Waals surface area contributed by atoms with E-state index < -0.39 is 0 Å². The van der Waals surface area contributed by atoms with Gasteiger partial charge in [-0.2, -0.15) is 0 Å². The van der Waals surface area contributed by atoms with Crippen LogP contribution in [-0.2, 0) is 16.1 Å². The van der Waals surface area contributed by atoms with Crippen LogP contribution in [0.3, 0.4) is 0 Å². The Bertz CT molecular complexity index is 1150. The van der Waals surface area contributed by atoms with Crippen molar-refractivity contribution in [3.8, 4) is 0 Å². The number of amides is 2. The third-order valence-corrected chi connectivity index (χ3v) is 5.28. The lowest BCUT2D eigenvalue weighted by Crippen LogP contribution is -2.32. The maximum absolute atomic E-state index is 13.3. The zero-order valence-corrected chi connectivity index (χ0v) is 17.4. The Morgan fingerprint density at radius 1 is 0.933 bits per heavy atom. The van der Waals surface area contributed by atoms with Crippen LogP contribution in [-0.4, -0.2) is 21.7 Å². The van der Waals surface area contributed by atoms with Gasteiger partial charge in [-0.15, -0.1) is 0 Å². The molecule has 150 valence electrons. The Morgan fingerprint density at radius 2 is 1.63 bits per heavy atom. The van der Waals surface area contributed by atoms with Crippen molar-refractivity contribution >= 4 is 34.7 Å². The number of rotatable bonds is 5. The number of aryl methyl sites for hydroxylation is 2. The molecule has 2 aromatic carbocycles. The average molecular weight is 418 g/mol. The third-order valence-electron chi connectivity index (χ3n) is 5.03. The molecule has 3 aromatic rings. The van der Waals surface area contributed by atoms with Gasteiger partial charge in [0.25, 0.3) is 11.8 Å². The van der Waals surface area contributed by atoms with E-state index in [1.54, 1.807) is 48.8 Å². The predicted molar refractivity (Wildman–Crippen MR) is 118 cm³/mol. The zero-order chi connectivity index (χ0) is 21.3. The molecule has 5 nitrogen and oxygen atoms in total. The van der Waals surface area contributed by atoms with Crippen molar-refractivity contribution in [2.45, 2.75) is 20.4 Å². The minimum absolute atomic E-state index is 0.176. The second kappa shape index (κ2) is 8.13. The summed E-state index contributed by atoms with van der Waals surface area (Å²) in [7, 11) is 0. The van der Waals surface area contributed by atoms with E-state index in [2.05, 4.69) is 10.3 Å².